The van der Waals surface area contributed by atoms with Gasteiger partial charge in [-0.3, -0.25) is 14.8 Å². The molecule has 0 aromatic heterocycles. The Morgan fingerprint density at radius 2 is 2.00 bits per heavy atom. The molecule has 0 aliphatic rings. The quantitative estimate of drug-likeness (QED) is 0.252. The van der Waals surface area contributed by atoms with Gasteiger partial charge >= 0.3 is 0 Å². The second-order valence-corrected chi connectivity index (χ2v) is 3.37. The van der Waals surface area contributed by atoms with Crippen molar-refractivity contribution >= 4 is 11.8 Å². The number of nitrogens with one attached hydrogen (secondary N) is 1. The molecule has 0 bridgehead atoms. The highest BCUT2D eigenvalue weighted by Gasteiger charge is 2.12. The minimum atomic E-state index is -1.12. The van der Waals surface area contributed by atoms with Gasteiger partial charge in [0.1, 0.15) is 6.23 Å². The van der Waals surface area contributed by atoms with E-state index in [0.29, 0.717) is 11.5 Å². The highest BCUT2D eigenvalue weighted by molar-refractivity contribution is 5.76. The van der Waals surface area contributed by atoms with Gasteiger partial charge in [-0.25, -0.2) is 5.06 Å². The Hall–Kier alpha value is -1.18. The van der Waals surface area contributed by atoms with Crippen molar-refractivity contribution < 1.29 is 25.0 Å². The Kier molecular flexibility index (Phi) is 7.44. The zero-order valence-electron chi connectivity index (χ0n) is 9.22. The molecule has 0 aliphatic heterocycles. The monoisotopic (exact) mass is 234 g/mol. The summed E-state index contributed by atoms with van der Waals surface area (Å²) in [5.41, 5.74) is 0. The van der Waals surface area contributed by atoms with E-state index in [1.165, 1.54) is 7.05 Å². The second-order valence-electron chi connectivity index (χ2n) is 3.37. The van der Waals surface area contributed by atoms with Gasteiger partial charge in [-0.15, -0.1) is 0 Å². The number of amides is 2. The minimum absolute atomic E-state index is 0.0363. The summed E-state index contributed by atoms with van der Waals surface area (Å²) < 4.78 is 0. The first-order chi connectivity index (χ1) is 7.47. The van der Waals surface area contributed by atoms with E-state index < -0.39 is 12.1 Å². The highest BCUT2D eigenvalue weighted by Crippen LogP contribution is 1.98. The maximum absolute atomic E-state index is 11.1. The topological polar surface area (TPSA) is 110 Å². The van der Waals surface area contributed by atoms with Crippen molar-refractivity contribution in [2.24, 2.45) is 0 Å². The lowest BCUT2D eigenvalue weighted by atomic mass is 10.2. The second kappa shape index (κ2) is 8.03. The molecule has 0 saturated heterocycles. The molecule has 0 fully saturated rings. The maximum Gasteiger partial charge on any atom is 0.245 e. The van der Waals surface area contributed by atoms with Crippen LogP contribution in [-0.4, -0.2) is 52.2 Å². The molecule has 0 radical (unpaired) electrons. The van der Waals surface area contributed by atoms with E-state index in [0.717, 1.165) is 0 Å². The molecule has 1 atom stereocenters. The van der Waals surface area contributed by atoms with Crippen LogP contribution in [0.3, 0.4) is 0 Å². The van der Waals surface area contributed by atoms with Crippen molar-refractivity contribution in [2.75, 3.05) is 13.7 Å². The fourth-order valence-electron chi connectivity index (χ4n) is 0.992. The van der Waals surface area contributed by atoms with Crippen LogP contribution in [0.25, 0.3) is 0 Å². The molecular formula is C9H18N2O5. The van der Waals surface area contributed by atoms with Gasteiger partial charge in [0, 0.05) is 32.9 Å². The first kappa shape index (κ1) is 14.8. The normalized spacial score (nSPS) is 12.0. The molecule has 7 nitrogen and oxygen atoms in total. The van der Waals surface area contributed by atoms with Crippen LogP contribution in [0.4, 0.5) is 0 Å². The minimum Gasteiger partial charge on any atom is -0.396 e. The van der Waals surface area contributed by atoms with Gasteiger partial charge in [0.05, 0.1) is 0 Å². The van der Waals surface area contributed by atoms with Gasteiger partial charge in [-0.2, -0.15) is 0 Å². The third kappa shape index (κ3) is 7.16. The summed E-state index contributed by atoms with van der Waals surface area (Å²) in [5.74, 6) is -0.921. The lowest BCUT2D eigenvalue weighted by molar-refractivity contribution is -0.160. The van der Waals surface area contributed by atoms with Crippen LogP contribution in [0.15, 0.2) is 0 Å². The van der Waals surface area contributed by atoms with Gasteiger partial charge in [0.2, 0.25) is 11.8 Å². The molecule has 0 aliphatic carbocycles. The molecule has 7 heteroatoms. The maximum atomic E-state index is 11.1. The number of aliphatic hydroxyl groups excluding tert-OH is 2. The van der Waals surface area contributed by atoms with Gasteiger partial charge < -0.3 is 15.5 Å². The number of hydrogen-bond donors (Lipinski definition) is 4. The molecule has 0 rings (SSSR count). The summed E-state index contributed by atoms with van der Waals surface area (Å²) in [7, 11) is 1.19. The largest absolute Gasteiger partial charge is 0.396 e. The van der Waals surface area contributed by atoms with Crippen LogP contribution in [0.5, 0.6) is 0 Å². The Labute approximate surface area is 93.6 Å². The summed E-state index contributed by atoms with van der Waals surface area (Å²) >= 11 is 0. The molecule has 4 N–H and O–H groups in total. The molecule has 16 heavy (non-hydrogen) atoms. The number of carbonyl (C=O) groups is 2. The van der Waals surface area contributed by atoms with Gasteiger partial charge in [0.25, 0.3) is 0 Å². The summed E-state index contributed by atoms with van der Waals surface area (Å²) in [5, 5.41) is 29.2. The predicted molar refractivity (Wildman–Crippen MR) is 54.3 cm³/mol. The van der Waals surface area contributed by atoms with E-state index >= 15 is 0 Å². The average Bonchev–Trinajstić information content (AvgIpc) is 2.22. The number of nitrogens with zero attached hydrogens (tertiary/aromatic N) is 1. The van der Waals surface area contributed by atoms with Crippen molar-refractivity contribution in [3.05, 3.63) is 0 Å². The van der Waals surface area contributed by atoms with Crippen LogP contribution in [0, 0.1) is 0 Å². The van der Waals surface area contributed by atoms with E-state index in [2.05, 4.69) is 5.32 Å². The molecular weight excluding hydrogens is 216 g/mol. The zero-order chi connectivity index (χ0) is 12.6. The third-order valence-electron chi connectivity index (χ3n) is 1.88. The molecule has 0 heterocycles. The lowest BCUT2D eigenvalue weighted by Crippen LogP contribution is -2.35. The first-order valence-corrected chi connectivity index (χ1v) is 5.01. The van der Waals surface area contributed by atoms with Crippen molar-refractivity contribution in [3.63, 3.8) is 0 Å². The molecule has 2 amide bonds. The molecule has 0 aromatic rings. The van der Waals surface area contributed by atoms with Crippen molar-refractivity contribution in [1.29, 1.82) is 0 Å². The van der Waals surface area contributed by atoms with E-state index in [1.54, 1.807) is 0 Å². The van der Waals surface area contributed by atoms with E-state index in [9.17, 15) is 14.7 Å². The Bertz CT molecular complexity index is 232. The molecule has 94 valence electrons. The van der Waals surface area contributed by atoms with E-state index in [-0.39, 0.29) is 31.8 Å². The number of rotatable bonds is 7. The zero-order valence-corrected chi connectivity index (χ0v) is 9.22. The van der Waals surface area contributed by atoms with Gasteiger partial charge in [-0.1, -0.05) is 0 Å². The summed E-state index contributed by atoms with van der Waals surface area (Å²) in [6, 6.07) is 0. The van der Waals surface area contributed by atoms with Gasteiger partial charge in [0.15, 0.2) is 0 Å². The summed E-state index contributed by atoms with van der Waals surface area (Å²) in [6.45, 7) is -0.0860. The average molecular weight is 234 g/mol. The number of hydrogen-bond acceptors (Lipinski definition) is 5. The van der Waals surface area contributed by atoms with Crippen LogP contribution >= 0.6 is 0 Å². The third-order valence-corrected chi connectivity index (χ3v) is 1.88. The van der Waals surface area contributed by atoms with Crippen molar-refractivity contribution in [3.8, 4) is 0 Å². The van der Waals surface area contributed by atoms with E-state index in [1.807, 2.05) is 0 Å². The van der Waals surface area contributed by atoms with Crippen LogP contribution in [-0.2, 0) is 9.59 Å². The molecule has 0 saturated carbocycles. The summed E-state index contributed by atoms with van der Waals surface area (Å²) in [4.78, 5) is 22.0. The van der Waals surface area contributed by atoms with E-state index in [4.69, 9.17) is 10.3 Å². The molecule has 0 aromatic carbocycles. The molecule has 1 unspecified atom stereocenters. The van der Waals surface area contributed by atoms with Gasteiger partial charge in [-0.05, 0) is 6.42 Å². The van der Waals surface area contributed by atoms with Crippen molar-refractivity contribution in [2.45, 2.75) is 31.9 Å². The Morgan fingerprint density at radius 1 is 1.38 bits per heavy atom. The predicted octanol–water partition coefficient (Wildman–Crippen LogP) is -1.18. The highest BCUT2D eigenvalue weighted by atomic mass is 16.5. The fraction of sp³-hybridized carbons (Fsp3) is 0.778. The Morgan fingerprint density at radius 3 is 2.50 bits per heavy atom. The van der Waals surface area contributed by atoms with Crippen LogP contribution < -0.4 is 5.32 Å². The molecule has 0 spiro atoms. The smallest absolute Gasteiger partial charge is 0.245 e. The van der Waals surface area contributed by atoms with Crippen LogP contribution in [0.1, 0.15) is 25.7 Å². The first-order valence-electron chi connectivity index (χ1n) is 5.01. The lowest BCUT2D eigenvalue weighted by Gasteiger charge is -2.13. The standard InChI is InChI=1S/C9H18N2O5/c1-11(16)9(15)5-4-8(14)10-7(13)3-2-6-12/h8,12,14,16H,2-6H2,1H3,(H,10,13). The number of carbonyl (C=O) groups excluding carboxylic acids is 2. The number of aliphatic hydroxyl groups is 2. The fourth-order valence-corrected chi connectivity index (χ4v) is 0.992. The Balaban J connectivity index is 3.69. The number of hydroxylamine groups is 2. The van der Waals surface area contributed by atoms with Crippen LogP contribution in [0.2, 0.25) is 0 Å². The SMILES string of the molecule is CN(O)C(=O)CCC(O)NC(=O)CCCO. The van der Waals surface area contributed by atoms with Crippen molar-refractivity contribution in [1.82, 2.24) is 10.4 Å². The summed E-state index contributed by atoms with van der Waals surface area (Å²) in [6.07, 6.45) is -0.684.